The van der Waals surface area contributed by atoms with E-state index in [1.54, 1.807) is 13.2 Å². The third kappa shape index (κ3) is 5.01. The quantitative estimate of drug-likeness (QED) is 0.592. The molecule has 1 rings (SSSR count). The van der Waals surface area contributed by atoms with Gasteiger partial charge in [0.15, 0.2) is 0 Å². The topological polar surface area (TPSA) is 47.6 Å². The van der Waals surface area contributed by atoms with Gasteiger partial charge in [-0.05, 0) is 19.1 Å². The Hall–Kier alpha value is -1.81. The summed E-state index contributed by atoms with van der Waals surface area (Å²) in [5.41, 5.74) is 0.890. The van der Waals surface area contributed by atoms with Crippen LogP contribution in [0.2, 0.25) is 0 Å². The maximum absolute atomic E-state index is 11.5. The maximum Gasteiger partial charge on any atom is 0.244 e. The molecule has 0 radical (unpaired) electrons. The molecule has 0 heterocycles. The zero-order chi connectivity index (χ0) is 13.2. The maximum atomic E-state index is 11.5. The van der Waals surface area contributed by atoms with E-state index >= 15 is 0 Å². The molecule has 0 aromatic heterocycles. The number of amides is 1. The summed E-state index contributed by atoms with van der Waals surface area (Å²) in [5.74, 6) is 0.638. The molecule has 1 amide bonds. The largest absolute Gasteiger partial charge is 0.493 e. The Kier molecular flexibility index (Phi) is 6.58. The van der Waals surface area contributed by atoms with Crippen molar-refractivity contribution in [2.24, 2.45) is 0 Å². The Labute approximate surface area is 108 Å². The molecule has 0 saturated carbocycles. The molecule has 1 N–H and O–H groups in total. The van der Waals surface area contributed by atoms with Gasteiger partial charge in [-0.3, -0.25) is 4.79 Å². The van der Waals surface area contributed by atoms with Gasteiger partial charge in [-0.2, -0.15) is 0 Å². The lowest BCUT2D eigenvalue weighted by Gasteiger charge is -2.06. The normalized spacial score (nSPS) is 10.6. The Balaban J connectivity index is 2.57. The highest BCUT2D eigenvalue weighted by Gasteiger charge is 1.99. The molecule has 4 heteroatoms. The van der Waals surface area contributed by atoms with Gasteiger partial charge >= 0.3 is 0 Å². The van der Waals surface area contributed by atoms with Gasteiger partial charge in [0.1, 0.15) is 5.75 Å². The fourth-order valence-corrected chi connectivity index (χ4v) is 1.41. The van der Waals surface area contributed by atoms with Gasteiger partial charge in [-0.1, -0.05) is 18.2 Å². The third-order valence-electron chi connectivity index (χ3n) is 2.24. The van der Waals surface area contributed by atoms with E-state index in [1.807, 2.05) is 31.2 Å². The van der Waals surface area contributed by atoms with E-state index in [1.165, 1.54) is 6.08 Å². The fourth-order valence-electron chi connectivity index (χ4n) is 1.41. The van der Waals surface area contributed by atoms with Crippen LogP contribution in [0, 0.1) is 0 Å². The highest BCUT2D eigenvalue weighted by molar-refractivity contribution is 5.92. The van der Waals surface area contributed by atoms with E-state index in [0.717, 1.165) is 11.3 Å². The van der Waals surface area contributed by atoms with Crippen molar-refractivity contribution in [1.82, 2.24) is 5.32 Å². The zero-order valence-electron chi connectivity index (χ0n) is 10.8. The second kappa shape index (κ2) is 8.31. The Morgan fingerprint density at radius 3 is 2.89 bits per heavy atom. The third-order valence-corrected chi connectivity index (χ3v) is 2.24. The molecule has 0 aliphatic heterocycles. The van der Waals surface area contributed by atoms with E-state index in [4.69, 9.17) is 9.47 Å². The fraction of sp³-hybridized carbons (Fsp3) is 0.357. The number of rotatable bonds is 7. The number of ether oxygens (including phenoxy) is 2. The number of benzene rings is 1. The Morgan fingerprint density at radius 1 is 1.39 bits per heavy atom. The Bertz CT molecular complexity index is 402. The molecular formula is C14H19NO3. The van der Waals surface area contributed by atoms with Crippen molar-refractivity contribution in [3.63, 3.8) is 0 Å². The number of hydrogen-bond acceptors (Lipinski definition) is 3. The van der Waals surface area contributed by atoms with E-state index in [0.29, 0.717) is 19.8 Å². The van der Waals surface area contributed by atoms with E-state index in [9.17, 15) is 4.79 Å². The number of nitrogens with one attached hydrogen (secondary N) is 1. The van der Waals surface area contributed by atoms with Crippen molar-refractivity contribution in [3.05, 3.63) is 35.9 Å². The SMILES string of the molecule is CCOc1ccccc1/C=C/C(=O)NCCOC. The number of carbonyl (C=O) groups is 1. The monoisotopic (exact) mass is 249 g/mol. The molecule has 18 heavy (non-hydrogen) atoms. The summed E-state index contributed by atoms with van der Waals surface area (Å²) in [4.78, 5) is 11.5. The van der Waals surface area contributed by atoms with Crippen LogP contribution >= 0.6 is 0 Å². The highest BCUT2D eigenvalue weighted by Crippen LogP contribution is 2.19. The lowest BCUT2D eigenvalue weighted by atomic mass is 10.2. The smallest absolute Gasteiger partial charge is 0.244 e. The first-order valence-electron chi connectivity index (χ1n) is 5.94. The van der Waals surface area contributed by atoms with Crippen molar-refractivity contribution in [3.8, 4) is 5.75 Å². The average molecular weight is 249 g/mol. The van der Waals surface area contributed by atoms with Crippen LogP contribution in [0.25, 0.3) is 6.08 Å². The average Bonchev–Trinajstić information content (AvgIpc) is 2.38. The van der Waals surface area contributed by atoms with Crippen molar-refractivity contribution in [2.75, 3.05) is 26.9 Å². The van der Waals surface area contributed by atoms with Gasteiger partial charge in [-0.15, -0.1) is 0 Å². The van der Waals surface area contributed by atoms with Crippen LogP contribution in [-0.2, 0) is 9.53 Å². The molecule has 4 nitrogen and oxygen atoms in total. The van der Waals surface area contributed by atoms with E-state index in [-0.39, 0.29) is 5.91 Å². The molecular weight excluding hydrogens is 230 g/mol. The molecule has 0 aliphatic carbocycles. The first kappa shape index (κ1) is 14.3. The van der Waals surface area contributed by atoms with Crippen LogP contribution in [-0.4, -0.2) is 32.8 Å². The molecule has 0 atom stereocenters. The minimum absolute atomic E-state index is 0.140. The summed E-state index contributed by atoms with van der Waals surface area (Å²) >= 11 is 0. The number of carbonyl (C=O) groups excluding carboxylic acids is 1. The van der Waals surface area contributed by atoms with Gasteiger partial charge in [0.25, 0.3) is 0 Å². The van der Waals surface area contributed by atoms with Gasteiger partial charge in [0.05, 0.1) is 13.2 Å². The second-order valence-corrected chi connectivity index (χ2v) is 3.59. The number of hydrogen-bond donors (Lipinski definition) is 1. The molecule has 1 aromatic carbocycles. The predicted molar refractivity (Wildman–Crippen MR) is 71.5 cm³/mol. The molecule has 0 spiro atoms. The van der Waals surface area contributed by atoms with Gasteiger partial charge in [0, 0.05) is 25.3 Å². The Morgan fingerprint density at radius 2 is 2.17 bits per heavy atom. The van der Waals surface area contributed by atoms with Crippen LogP contribution in [0.5, 0.6) is 5.75 Å². The van der Waals surface area contributed by atoms with Crippen LogP contribution < -0.4 is 10.1 Å². The molecule has 0 unspecified atom stereocenters. The van der Waals surface area contributed by atoms with Crippen molar-refractivity contribution in [2.45, 2.75) is 6.92 Å². The van der Waals surface area contributed by atoms with Crippen LogP contribution in [0.15, 0.2) is 30.3 Å². The lowest BCUT2D eigenvalue weighted by molar-refractivity contribution is -0.116. The molecule has 1 aromatic rings. The van der Waals surface area contributed by atoms with Gasteiger partial charge in [-0.25, -0.2) is 0 Å². The molecule has 98 valence electrons. The van der Waals surface area contributed by atoms with Crippen molar-refractivity contribution < 1.29 is 14.3 Å². The van der Waals surface area contributed by atoms with Crippen LogP contribution in [0.1, 0.15) is 12.5 Å². The molecule has 0 bridgehead atoms. The van der Waals surface area contributed by atoms with E-state index < -0.39 is 0 Å². The highest BCUT2D eigenvalue weighted by atomic mass is 16.5. The van der Waals surface area contributed by atoms with Crippen LogP contribution in [0.3, 0.4) is 0 Å². The molecule has 0 fully saturated rings. The van der Waals surface area contributed by atoms with Crippen molar-refractivity contribution >= 4 is 12.0 Å². The summed E-state index contributed by atoms with van der Waals surface area (Å²) in [6.07, 6.45) is 3.24. The second-order valence-electron chi connectivity index (χ2n) is 3.59. The minimum atomic E-state index is -0.140. The first-order chi connectivity index (χ1) is 8.77. The van der Waals surface area contributed by atoms with E-state index in [2.05, 4.69) is 5.32 Å². The predicted octanol–water partition coefficient (Wildman–Crippen LogP) is 1.86. The summed E-state index contributed by atoms with van der Waals surface area (Å²) in [5, 5.41) is 2.71. The summed E-state index contributed by atoms with van der Waals surface area (Å²) in [7, 11) is 1.60. The summed E-state index contributed by atoms with van der Waals surface area (Å²) in [6, 6.07) is 7.60. The first-order valence-corrected chi connectivity index (χ1v) is 5.94. The molecule has 0 aliphatic rings. The molecule has 0 saturated heterocycles. The van der Waals surface area contributed by atoms with Crippen molar-refractivity contribution in [1.29, 1.82) is 0 Å². The van der Waals surface area contributed by atoms with Gasteiger partial charge < -0.3 is 14.8 Å². The van der Waals surface area contributed by atoms with Crippen LogP contribution in [0.4, 0.5) is 0 Å². The lowest BCUT2D eigenvalue weighted by Crippen LogP contribution is -2.24. The minimum Gasteiger partial charge on any atom is -0.493 e. The standard InChI is InChI=1S/C14H19NO3/c1-3-18-13-7-5-4-6-12(13)8-9-14(16)15-10-11-17-2/h4-9H,3,10-11H2,1-2H3,(H,15,16)/b9-8+. The number of para-hydroxylation sites is 1. The summed E-state index contributed by atoms with van der Waals surface area (Å²) in [6.45, 7) is 3.55. The summed E-state index contributed by atoms with van der Waals surface area (Å²) < 4.78 is 10.3. The zero-order valence-corrected chi connectivity index (χ0v) is 10.8. The number of methoxy groups -OCH3 is 1. The van der Waals surface area contributed by atoms with Gasteiger partial charge in [0.2, 0.25) is 5.91 Å².